The Morgan fingerprint density at radius 3 is 2.65 bits per heavy atom. The molecule has 7 nitrogen and oxygen atoms in total. The minimum absolute atomic E-state index is 0.00836. The maximum atomic E-state index is 13.9. The zero-order chi connectivity index (χ0) is 24.3. The molecule has 2 aromatic rings. The first-order chi connectivity index (χ1) is 16.3. The third-order valence-corrected chi connectivity index (χ3v) is 7.49. The van der Waals surface area contributed by atoms with Gasteiger partial charge in [0, 0.05) is 31.4 Å². The second kappa shape index (κ2) is 10.2. The zero-order valence-corrected chi connectivity index (χ0v) is 20.4. The Bertz CT molecular complexity index is 1040. The van der Waals surface area contributed by atoms with E-state index in [4.69, 9.17) is 0 Å². The number of carbonyl (C=O) groups excluding carboxylic acids is 3. The number of halogens is 1. The van der Waals surface area contributed by atoms with Crippen molar-refractivity contribution in [3.05, 3.63) is 58.0 Å². The number of hydrogen-bond donors (Lipinski definition) is 1. The van der Waals surface area contributed by atoms with Gasteiger partial charge in [-0.25, -0.2) is 9.18 Å². The van der Waals surface area contributed by atoms with Crippen molar-refractivity contribution in [1.29, 1.82) is 0 Å². The van der Waals surface area contributed by atoms with Gasteiger partial charge in [0.2, 0.25) is 0 Å². The summed E-state index contributed by atoms with van der Waals surface area (Å²) in [5, 5.41) is 6.73. The quantitative estimate of drug-likeness (QED) is 0.582. The number of urea groups is 1. The van der Waals surface area contributed by atoms with E-state index in [0.717, 1.165) is 6.54 Å². The Morgan fingerprint density at radius 2 is 2.00 bits per heavy atom. The molecule has 182 valence electrons. The van der Waals surface area contributed by atoms with Crippen LogP contribution in [-0.4, -0.2) is 78.4 Å². The number of likely N-dealkylation sites (tertiary alicyclic amines) is 1. The number of benzene rings is 1. The second-order valence-electron chi connectivity index (χ2n) is 9.40. The van der Waals surface area contributed by atoms with Gasteiger partial charge in [0.25, 0.3) is 11.8 Å². The maximum Gasteiger partial charge on any atom is 0.325 e. The predicted molar refractivity (Wildman–Crippen MR) is 129 cm³/mol. The van der Waals surface area contributed by atoms with Gasteiger partial charge >= 0.3 is 6.03 Å². The molecule has 0 radical (unpaired) electrons. The highest BCUT2D eigenvalue weighted by atomic mass is 32.1. The normalized spacial score (nSPS) is 21.4. The van der Waals surface area contributed by atoms with Crippen molar-refractivity contribution >= 4 is 29.2 Å². The van der Waals surface area contributed by atoms with Crippen LogP contribution in [0.5, 0.6) is 0 Å². The molecule has 0 aliphatic carbocycles. The number of imide groups is 1. The molecule has 3 heterocycles. The molecule has 0 spiro atoms. The molecule has 4 amide bonds. The van der Waals surface area contributed by atoms with Crippen molar-refractivity contribution in [2.75, 3.05) is 40.3 Å². The predicted octanol–water partition coefficient (Wildman–Crippen LogP) is 3.22. The Labute approximate surface area is 203 Å². The summed E-state index contributed by atoms with van der Waals surface area (Å²) in [4.78, 5) is 44.6. The summed E-state index contributed by atoms with van der Waals surface area (Å²) in [6.45, 7) is 2.11. The largest absolute Gasteiger partial charge is 0.339 e. The minimum atomic E-state index is -1.14. The van der Waals surface area contributed by atoms with Gasteiger partial charge in [-0.05, 0) is 75.0 Å². The fourth-order valence-electron chi connectivity index (χ4n) is 5.05. The summed E-state index contributed by atoms with van der Waals surface area (Å²) in [7, 11) is 3.90. The van der Waals surface area contributed by atoms with Crippen LogP contribution in [0, 0.1) is 11.7 Å². The topological polar surface area (TPSA) is 73.0 Å². The van der Waals surface area contributed by atoms with Gasteiger partial charge in [-0.3, -0.25) is 14.5 Å². The van der Waals surface area contributed by atoms with E-state index in [-0.39, 0.29) is 30.0 Å². The van der Waals surface area contributed by atoms with Crippen LogP contribution in [0.15, 0.2) is 41.1 Å². The standard InChI is InChI=1S/C25H31FN4O3S/c1-28(2)10-4-11-30-23(32)25(27-24(30)33,16-18-5-3-6-21(26)15-18)20-7-12-29(13-8-20)22(31)19-9-14-34-17-19/h3,5-6,9,14-15,17,20H,4,7-8,10-13,16H2,1-2H3,(H,27,33). The van der Waals surface area contributed by atoms with E-state index >= 15 is 0 Å². The highest BCUT2D eigenvalue weighted by Crippen LogP contribution is 2.37. The molecule has 9 heteroatoms. The fraction of sp³-hybridized carbons (Fsp3) is 0.480. The van der Waals surface area contributed by atoms with Crippen LogP contribution >= 0.6 is 11.3 Å². The summed E-state index contributed by atoms with van der Waals surface area (Å²) < 4.78 is 13.9. The lowest BCUT2D eigenvalue weighted by molar-refractivity contribution is -0.134. The van der Waals surface area contributed by atoms with E-state index in [1.165, 1.54) is 28.4 Å². The van der Waals surface area contributed by atoms with Crippen LogP contribution in [0.3, 0.4) is 0 Å². The molecule has 0 saturated carbocycles. The SMILES string of the molecule is CN(C)CCCN1C(=O)NC(Cc2cccc(F)c2)(C2CCN(C(=O)c3ccsc3)CC2)C1=O. The van der Waals surface area contributed by atoms with Crippen LogP contribution in [0.1, 0.15) is 35.2 Å². The zero-order valence-electron chi connectivity index (χ0n) is 19.6. The summed E-state index contributed by atoms with van der Waals surface area (Å²) in [5.41, 5.74) is 0.205. The molecule has 2 aliphatic rings. The maximum absolute atomic E-state index is 13.9. The number of carbonyl (C=O) groups is 3. The second-order valence-corrected chi connectivity index (χ2v) is 10.2. The van der Waals surface area contributed by atoms with Crippen molar-refractivity contribution in [3.8, 4) is 0 Å². The van der Waals surface area contributed by atoms with Crippen molar-refractivity contribution in [2.24, 2.45) is 5.92 Å². The monoisotopic (exact) mass is 486 g/mol. The molecule has 4 rings (SSSR count). The highest BCUT2D eigenvalue weighted by molar-refractivity contribution is 7.08. The molecule has 0 bridgehead atoms. The third-order valence-electron chi connectivity index (χ3n) is 6.81. The lowest BCUT2D eigenvalue weighted by Gasteiger charge is -2.41. The lowest BCUT2D eigenvalue weighted by atomic mass is 9.73. The Morgan fingerprint density at radius 1 is 1.24 bits per heavy atom. The molecule has 2 saturated heterocycles. The van der Waals surface area contributed by atoms with Crippen molar-refractivity contribution < 1.29 is 18.8 Å². The Kier molecular flexibility index (Phi) is 7.33. The van der Waals surface area contributed by atoms with Crippen LogP contribution in [0.2, 0.25) is 0 Å². The molecule has 34 heavy (non-hydrogen) atoms. The first-order valence-corrected chi connectivity index (χ1v) is 12.6. The average molecular weight is 487 g/mol. The Balaban J connectivity index is 1.55. The number of hydrogen-bond acceptors (Lipinski definition) is 5. The van der Waals surface area contributed by atoms with Gasteiger partial charge in [0.05, 0.1) is 5.56 Å². The van der Waals surface area contributed by atoms with Gasteiger partial charge in [-0.2, -0.15) is 11.3 Å². The average Bonchev–Trinajstić information content (AvgIpc) is 3.42. The van der Waals surface area contributed by atoms with Gasteiger partial charge in [0.1, 0.15) is 11.4 Å². The summed E-state index contributed by atoms with van der Waals surface area (Å²) in [5.74, 6) is -0.782. The number of nitrogens with zero attached hydrogens (tertiary/aromatic N) is 3. The van der Waals surface area contributed by atoms with E-state index in [0.29, 0.717) is 50.0 Å². The Hall–Kier alpha value is -2.78. The van der Waals surface area contributed by atoms with Crippen LogP contribution in [0.25, 0.3) is 0 Å². The minimum Gasteiger partial charge on any atom is -0.339 e. The summed E-state index contributed by atoms with van der Waals surface area (Å²) in [6.07, 6.45) is 2.07. The summed E-state index contributed by atoms with van der Waals surface area (Å²) in [6, 6.07) is 7.62. The first-order valence-electron chi connectivity index (χ1n) is 11.6. The van der Waals surface area contributed by atoms with Crippen molar-refractivity contribution in [2.45, 2.75) is 31.2 Å². The van der Waals surface area contributed by atoms with E-state index in [2.05, 4.69) is 5.32 Å². The van der Waals surface area contributed by atoms with Gasteiger partial charge in [-0.1, -0.05) is 12.1 Å². The number of amides is 4. The number of rotatable bonds is 8. The summed E-state index contributed by atoms with van der Waals surface area (Å²) >= 11 is 1.48. The van der Waals surface area contributed by atoms with E-state index < -0.39 is 11.6 Å². The third kappa shape index (κ3) is 5.00. The molecular weight excluding hydrogens is 455 g/mol. The van der Waals surface area contributed by atoms with Crippen molar-refractivity contribution in [3.63, 3.8) is 0 Å². The van der Waals surface area contributed by atoms with Gasteiger partial charge < -0.3 is 15.1 Å². The van der Waals surface area contributed by atoms with Crippen LogP contribution in [0.4, 0.5) is 9.18 Å². The molecule has 1 atom stereocenters. The molecule has 1 N–H and O–H groups in total. The smallest absolute Gasteiger partial charge is 0.325 e. The molecule has 1 aromatic carbocycles. The van der Waals surface area contributed by atoms with Crippen LogP contribution < -0.4 is 5.32 Å². The highest BCUT2D eigenvalue weighted by Gasteiger charge is 2.55. The van der Waals surface area contributed by atoms with Gasteiger partial charge in [0.15, 0.2) is 0 Å². The van der Waals surface area contributed by atoms with E-state index in [9.17, 15) is 18.8 Å². The molecule has 1 aromatic heterocycles. The molecule has 2 fully saturated rings. The van der Waals surface area contributed by atoms with E-state index in [1.807, 2.05) is 40.7 Å². The van der Waals surface area contributed by atoms with Crippen LogP contribution in [-0.2, 0) is 11.2 Å². The first kappa shape index (κ1) is 24.3. The number of nitrogens with one attached hydrogen (secondary N) is 1. The van der Waals surface area contributed by atoms with Gasteiger partial charge in [-0.15, -0.1) is 0 Å². The number of thiophene rings is 1. The molecule has 2 aliphatic heterocycles. The fourth-order valence-corrected chi connectivity index (χ4v) is 5.68. The molecule has 1 unspecified atom stereocenters. The number of piperidine rings is 1. The van der Waals surface area contributed by atoms with E-state index in [1.54, 1.807) is 12.1 Å². The van der Waals surface area contributed by atoms with Crippen molar-refractivity contribution in [1.82, 2.24) is 20.0 Å². The molecular formula is C25H31FN4O3S. The lowest BCUT2D eigenvalue weighted by Crippen LogP contribution is -2.58.